The van der Waals surface area contributed by atoms with Crippen LogP contribution in [0.25, 0.3) is 5.57 Å². The van der Waals surface area contributed by atoms with Crippen LogP contribution in [0.2, 0.25) is 0 Å². The van der Waals surface area contributed by atoms with Crippen molar-refractivity contribution >= 4 is 5.57 Å². The molecule has 0 spiro atoms. The maximum absolute atomic E-state index is 10.6. The molecule has 0 aliphatic heterocycles. The van der Waals surface area contributed by atoms with Crippen molar-refractivity contribution in [2.24, 2.45) is 0 Å². The highest BCUT2D eigenvalue weighted by Gasteiger charge is 2.34. The molecule has 0 unspecified atom stereocenters. The van der Waals surface area contributed by atoms with Gasteiger partial charge < -0.3 is 5.11 Å². The van der Waals surface area contributed by atoms with E-state index < -0.39 is 6.10 Å². The smallest absolute Gasteiger partial charge is 0.0733 e. The lowest BCUT2D eigenvalue weighted by Crippen LogP contribution is -2.24. The number of allylic oxidation sites excluding steroid dienone is 1. The first-order chi connectivity index (χ1) is 12.3. The molecule has 0 amide bonds. The number of aliphatic hydroxyl groups is 1. The van der Waals surface area contributed by atoms with Gasteiger partial charge in [-0.25, -0.2) is 0 Å². The summed E-state index contributed by atoms with van der Waals surface area (Å²) in [6, 6.07) is 31.7. The van der Waals surface area contributed by atoms with Crippen LogP contribution in [-0.2, 0) is 0 Å². The maximum atomic E-state index is 10.6. The van der Waals surface area contributed by atoms with Crippen LogP contribution in [0.4, 0.5) is 0 Å². The minimum absolute atomic E-state index is 0.245. The molecule has 0 saturated heterocycles. The number of aliphatic hydroxyl groups excluding tert-OH is 1. The lowest BCUT2D eigenvalue weighted by molar-refractivity contribution is 0.193. The molecule has 25 heavy (non-hydrogen) atoms. The van der Waals surface area contributed by atoms with Crippen LogP contribution in [0.15, 0.2) is 97.1 Å². The van der Waals surface area contributed by atoms with Crippen molar-refractivity contribution in [1.82, 2.24) is 0 Å². The van der Waals surface area contributed by atoms with Crippen molar-refractivity contribution in [2.75, 3.05) is 0 Å². The van der Waals surface area contributed by atoms with E-state index in [0.717, 1.165) is 6.42 Å². The summed E-state index contributed by atoms with van der Waals surface area (Å²) in [7, 11) is 0. The Morgan fingerprint density at radius 3 is 1.76 bits per heavy atom. The Labute approximate surface area is 149 Å². The van der Waals surface area contributed by atoms with E-state index in [1.807, 2.05) is 18.2 Å². The van der Waals surface area contributed by atoms with Gasteiger partial charge in [0.25, 0.3) is 0 Å². The van der Waals surface area contributed by atoms with Gasteiger partial charge in [-0.2, -0.15) is 0 Å². The van der Waals surface area contributed by atoms with Crippen molar-refractivity contribution in [2.45, 2.75) is 24.4 Å². The molecule has 124 valence electrons. The summed E-state index contributed by atoms with van der Waals surface area (Å²) in [4.78, 5) is 0. The Kier molecular flexibility index (Phi) is 4.49. The second-order valence-electron chi connectivity index (χ2n) is 6.70. The van der Waals surface area contributed by atoms with Crippen LogP contribution in [0.3, 0.4) is 0 Å². The minimum Gasteiger partial charge on any atom is -0.389 e. The zero-order valence-electron chi connectivity index (χ0n) is 14.1. The van der Waals surface area contributed by atoms with E-state index in [1.54, 1.807) is 0 Å². The van der Waals surface area contributed by atoms with Gasteiger partial charge in [0.2, 0.25) is 0 Å². The molecule has 1 N–H and O–H groups in total. The molecule has 3 aromatic carbocycles. The molecule has 0 aromatic heterocycles. The standard InChI is InChI=1S/C24H22O/c25-21-16-22(18-10-4-1-5-11-18)24(20-14-8-3-9-15-20)23(17-21)19-12-6-2-7-13-19/h1-16,21,23-25H,17H2/t21-,23+,24-/m0/s1. The van der Waals surface area contributed by atoms with E-state index in [9.17, 15) is 5.11 Å². The van der Waals surface area contributed by atoms with Crippen LogP contribution in [0.5, 0.6) is 0 Å². The van der Waals surface area contributed by atoms with E-state index in [1.165, 1.54) is 22.3 Å². The fourth-order valence-corrected chi connectivity index (χ4v) is 4.00. The second-order valence-corrected chi connectivity index (χ2v) is 6.70. The van der Waals surface area contributed by atoms with E-state index in [-0.39, 0.29) is 11.8 Å². The average Bonchev–Trinajstić information content (AvgIpc) is 2.69. The second kappa shape index (κ2) is 7.08. The van der Waals surface area contributed by atoms with Crippen molar-refractivity contribution in [3.63, 3.8) is 0 Å². The largest absolute Gasteiger partial charge is 0.389 e. The summed E-state index contributed by atoms with van der Waals surface area (Å²) in [6.45, 7) is 0. The Morgan fingerprint density at radius 1 is 0.640 bits per heavy atom. The third-order valence-electron chi connectivity index (χ3n) is 5.10. The van der Waals surface area contributed by atoms with Gasteiger partial charge in [0.1, 0.15) is 0 Å². The van der Waals surface area contributed by atoms with Crippen molar-refractivity contribution in [3.8, 4) is 0 Å². The highest BCUT2D eigenvalue weighted by Crippen LogP contribution is 2.48. The molecule has 1 heteroatoms. The van der Waals surface area contributed by atoms with E-state index >= 15 is 0 Å². The lowest BCUT2D eigenvalue weighted by atomic mass is 9.69. The number of rotatable bonds is 3. The van der Waals surface area contributed by atoms with Gasteiger partial charge >= 0.3 is 0 Å². The van der Waals surface area contributed by atoms with E-state index in [0.29, 0.717) is 0 Å². The van der Waals surface area contributed by atoms with Gasteiger partial charge in [-0.05, 0) is 34.6 Å². The minimum atomic E-state index is -0.416. The number of hydrogen-bond donors (Lipinski definition) is 1. The molecule has 0 saturated carbocycles. The summed E-state index contributed by atoms with van der Waals surface area (Å²) in [6.07, 6.45) is 2.38. The molecule has 0 heterocycles. The first-order valence-electron chi connectivity index (χ1n) is 8.88. The summed E-state index contributed by atoms with van der Waals surface area (Å²) < 4.78 is 0. The molecule has 0 bridgehead atoms. The number of hydrogen-bond acceptors (Lipinski definition) is 1. The van der Waals surface area contributed by atoms with Crippen LogP contribution < -0.4 is 0 Å². The van der Waals surface area contributed by atoms with E-state index in [4.69, 9.17) is 0 Å². The lowest BCUT2D eigenvalue weighted by Gasteiger charge is -2.36. The van der Waals surface area contributed by atoms with Gasteiger partial charge in [0, 0.05) is 5.92 Å². The Balaban J connectivity index is 1.86. The maximum Gasteiger partial charge on any atom is 0.0733 e. The molecule has 0 fully saturated rings. The first-order valence-corrected chi connectivity index (χ1v) is 8.88. The fraction of sp³-hybridized carbons (Fsp3) is 0.167. The molecule has 0 radical (unpaired) electrons. The fourth-order valence-electron chi connectivity index (χ4n) is 4.00. The normalized spacial score (nSPS) is 23.1. The SMILES string of the molecule is O[C@H]1C=C(c2ccccc2)[C@H](c2ccccc2)[C@@H](c2ccccc2)C1. The first kappa shape index (κ1) is 15.9. The predicted molar refractivity (Wildman–Crippen MR) is 103 cm³/mol. The monoisotopic (exact) mass is 326 g/mol. The van der Waals surface area contributed by atoms with Crippen molar-refractivity contribution < 1.29 is 5.11 Å². The molecule has 4 rings (SSSR count). The zero-order valence-corrected chi connectivity index (χ0v) is 14.1. The molecule has 1 aliphatic carbocycles. The van der Waals surface area contributed by atoms with Crippen LogP contribution >= 0.6 is 0 Å². The average molecular weight is 326 g/mol. The van der Waals surface area contributed by atoms with Gasteiger partial charge in [0.15, 0.2) is 0 Å². The third kappa shape index (κ3) is 3.29. The summed E-state index contributed by atoms with van der Waals surface area (Å²) in [5.74, 6) is 0.508. The van der Waals surface area contributed by atoms with Crippen molar-refractivity contribution in [3.05, 3.63) is 114 Å². The highest BCUT2D eigenvalue weighted by atomic mass is 16.3. The van der Waals surface area contributed by atoms with Crippen LogP contribution in [-0.4, -0.2) is 11.2 Å². The van der Waals surface area contributed by atoms with Gasteiger partial charge in [-0.3, -0.25) is 0 Å². The number of benzene rings is 3. The summed E-state index contributed by atoms with van der Waals surface area (Å²) >= 11 is 0. The Hall–Kier alpha value is -2.64. The molecular formula is C24H22O. The highest BCUT2D eigenvalue weighted by molar-refractivity contribution is 5.74. The molecule has 3 aromatic rings. The van der Waals surface area contributed by atoms with Gasteiger partial charge in [-0.15, -0.1) is 0 Å². The third-order valence-corrected chi connectivity index (χ3v) is 5.10. The van der Waals surface area contributed by atoms with Crippen LogP contribution in [0.1, 0.15) is 34.9 Å². The zero-order chi connectivity index (χ0) is 17.1. The topological polar surface area (TPSA) is 20.2 Å². The molecule has 1 nitrogen and oxygen atoms in total. The van der Waals surface area contributed by atoms with Crippen molar-refractivity contribution in [1.29, 1.82) is 0 Å². The molecule has 1 aliphatic rings. The van der Waals surface area contributed by atoms with Gasteiger partial charge in [-0.1, -0.05) is 97.1 Å². The molecular weight excluding hydrogens is 304 g/mol. The molecule has 3 atom stereocenters. The van der Waals surface area contributed by atoms with Crippen LogP contribution in [0, 0.1) is 0 Å². The van der Waals surface area contributed by atoms with Gasteiger partial charge in [0.05, 0.1) is 6.10 Å². The Morgan fingerprint density at radius 2 is 1.16 bits per heavy atom. The quantitative estimate of drug-likeness (QED) is 0.683. The Bertz CT molecular complexity index is 837. The summed E-state index contributed by atoms with van der Waals surface area (Å²) in [5, 5.41) is 10.6. The summed E-state index contributed by atoms with van der Waals surface area (Å²) in [5.41, 5.74) is 5.01. The van der Waals surface area contributed by atoms with E-state index in [2.05, 4.69) is 78.9 Å². The predicted octanol–water partition coefficient (Wildman–Crippen LogP) is 5.40.